The number of carbonyl (C=O) groups is 3. The Labute approximate surface area is 210 Å². The van der Waals surface area contributed by atoms with Crippen LogP contribution in [0.15, 0.2) is 91.0 Å². The van der Waals surface area contributed by atoms with Gasteiger partial charge in [0.1, 0.15) is 25.3 Å². The molecule has 0 heterocycles. The summed E-state index contributed by atoms with van der Waals surface area (Å²) in [6.07, 6.45) is -1.94. The highest BCUT2D eigenvalue weighted by atomic mass is 16.5. The van der Waals surface area contributed by atoms with Gasteiger partial charge in [0.05, 0.1) is 6.10 Å². The van der Waals surface area contributed by atoms with Gasteiger partial charge in [-0.3, -0.25) is 4.79 Å². The van der Waals surface area contributed by atoms with Crippen molar-refractivity contribution >= 4 is 18.0 Å². The van der Waals surface area contributed by atoms with Crippen LogP contribution in [0.1, 0.15) is 23.6 Å². The van der Waals surface area contributed by atoms with Crippen molar-refractivity contribution in [3.8, 4) is 0 Å². The molecule has 8 nitrogen and oxygen atoms in total. The van der Waals surface area contributed by atoms with Crippen LogP contribution in [0, 0.1) is 0 Å². The average molecular weight is 491 g/mol. The van der Waals surface area contributed by atoms with E-state index < -0.39 is 36.2 Å². The molecule has 36 heavy (non-hydrogen) atoms. The summed E-state index contributed by atoms with van der Waals surface area (Å²) in [6.45, 7) is 1.41. The van der Waals surface area contributed by atoms with Crippen LogP contribution in [0.4, 0.5) is 4.79 Å². The van der Waals surface area contributed by atoms with E-state index in [1.165, 1.54) is 6.92 Å². The smallest absolute Gasteiger partial charge is 0.408 e. The predicted octanol–water partition coefficient (Wildman–Crippen LogP) is 3.13. The fourth-order valence-corrected chi connectivity index (χ4v) is 3.43. The standard InChI is InChI=1S/C28H30N2O6/c1-20(31)25(30-28(34)36-19-23-15-9-4-10-16-23)26(32)29-24(17-21-11-5-2-6-12-21)27(33)35-18-22-13-7-3-8-14-22/h2-16,20,24-25,31H,17-19H2,1H3,(H,29,32)(H,30,34)/t20-,24-,25+/m0/s1. The number of nitrogens with one attached hydrogen (secondary N) is 2. The topological polar surface area (TPSA) is 114 Å². The summed E-state index contributed by atoms with van der Waals surface area (Å²) in [5.41, 5.74) is 2.39. The molecule has 0 spiro atoms. The van der Waals surface area contributed by atoms with Crippen LogP contribution in [0.25, 0.3) is 0 Å². The number of benzene rings is 3. The summed E-state index contributed by atoms with van der Waals surface area (Å²) >= 11 is 0. The number of aliphatic hydroxyl groups is 1. The minimum atomic E-state index is -1.34. The highest BCUT2D eigenvalue weighted by Crippen LogP contribution is 2.09. The molecule has 3 atom stereocenters. The van der Waals surface area contributed by atoms with Crippen molar-refractivity contribution in [1.29, 1.82) is 0 Å². The molecule has 0 aromatic heterocycles. The molecule has 8 heteroatoms. The Hall–Kier alpha value is -4.17. The molecule has 0 saturated carbocycles. The maximum absolute atomic E-state index is 13.0. The predicted molar refractivity (Wildman–Crippen MR) is 134 cm³/mol. The lowest BCUT2D eigenvalue weighted by molar-refractivity contribution is -0.149. The Morgan fingerprint density at radius 2 is 1.19 bits per heavy atom. The molecule has 2 amide bonds. The van der Waals surface area contributed by atoms with E-state index in [-0.39, 0.29) is 19.6 Å². The van der Waals surface area contributed by atoms with E-state index in [1.54, 1.807) is 12.1 Å². The molecule has 0 aliphatic carbocycles. The Kier molecular flexibility index (Phi) is 10.0. The second-order valence-electron chi connectivity index (χ2n) is 8.27. The van der Waals surface area contributed by atoms with Crippen LogP contribution < -0.4 is 10.6 Å². The number of hydrogen-bond donors (Lipinski definition) is 3. The SMILES string of the molecule is C[C@H](O)[C@@H](NC(=O)OCc1ccccc1)C(=O)N[C@@H](Cc1ccccc1)C(=O)OCc1ccccc1. The van der Waals surface area contributed by atoms with Crippen LogP contribution in [-0.4, -0.2) is 41.3 Å². The fraction of sp³-hybridized carbons (Fsp3) is 0.250. The third-order valence-corrected chi connectivity index (χ3v) is 5.36. The molecule has 0 bridgehead atoms. The van der Waals surface area contributed by atoms with Crippen molar-refractivity contribution in [3.63, 3.8) is 0 Å². The summed E-state index contributed by atoms with van der Waals surface area (Å²) in [5.74, 6) is -1.37. The van der Waals surface area contributed by atoms with Crippen molar-refractivity contribution < 1.29 is 29.0 Å². The molecule has 0 aliphatic rings. The summed E-state index contributed by atoms with van der Waals surface area (Å²) < 4.78 is 10.6. The number of amides is 2. The molecular formula is C28H30N2O6. The van der Waals surface area contributed by atoms with Crippen molar-refractivity contribution in [2.75, 3.05) is 0 Å². The number of esters is 1. The van der Waals surface area contributed by atoms with Gasteiger partial charge in [0.2, 0.25) is 5.91 Å². The highest BCUT2D eigenvalue weighted by molar-refractivity contribution is 5.90. The number of carbonyl (C=O) groups excluding carboxylic acids is 3. The first-order chi connectivity index (χ1) is 17.4. The van der Waals surface area contributed by atoms with Gasteiger partial charge in [-0.15, -0.1) is 0 Å². The van der Waals surface area contributed by atoms with E-state index in [4.69, 9.17) is 9.47 Å². The number of alkyl carbamates (subject to hydrolysis) is 1. The zero-order chi connectivity index (χ0) is 25.8. The third kappa shape index (κ3) is 8.56. The van der Waals surface area contributed by atoms with Crippen LogP contribution in [0.3, 0.4) is 0 Å². The third-order valence-electron chi connectivity index (χ3n) is 5.36. The molecule has 0 fully saturated rings. The van der Waals surface area contributed by atoms with Gasteiger partial charge in [-0.2, -0.15) is 0 Å². The quantitative estimate of drug-likeness (QED) is 0.356. The lowest BCUT2D eigenvalue weighted by atomic mass is 10.0. The Balaban J connectivity index is 1.64. The van der Waals surface area contributed by atoms with E-state index >= 15 is 0 Å². The van der Waals surface area contributed by atoms with Crippen molar-refractivity contribution in [2.24, 2.45) is 0 Å². The lowest BCUT2D eigenvalue weighted by Gasteiger charge is -2.24. The van der Waals surface area contributed by atoms with Crippen LogP contribution in [0.2, 0.25) is 0 Å². The summed E-state index contributed by atoms with van der Waals surface area (Å²) in [6, 6.07) is 25.0. The van der Waals surface area contributed by atoms with Crippen LogP contribution in [0.5, 0.6) is 0 Å². The molecule has 0 radical (unpaired) electrons. The summed E-state index contributed by atoms with van der Waals surface area (Å²) in [4.78, 5) is 38.2. The van der Waals surface area contributed by atoms with Crippen LogP contribution in [-0.2, 0) is 38.7 Å². The number of rotatable bonds is 11. The van der Waals surface area contributed by atoms with Crippen molar-refractivity contribution in [2.45, 2.75) is 44.7 Å². The molecule has 3 rings (SSSR count). The second-order valence-corrected chi connectivity index (χ2v) is 8.27. The first kappa shape index (κ1) is 26.4. The molecular weight excluding hydrogens is 460 g/mol. The fourth-order valence-electron chi connectivity index (χ4n) is 3.43. The molecule has 188 valence electrons. The van der Waals surface area contributed by atoms with E-state index in [0.717, 1.165) is 16.7 Å². The summed E-state index contributed by atoms with van der Waals surface area (Å²) in [5, 5.41) is 15.2. The van der Waals surface area contributed by atoms with Gasteiger partial charge in [0.25, 0.3) is 0 Å². The number of hydrogen-bond acceptors (Lipinski definition) is 6. The highest BCUT2D eigenvalue weighted by Gasteiger charge is 2.31. The molecule has 3 aromatic carbocycles. The number of aliphatic hydroxyl groups excluding tert-OH is 1. The first-order valence-electron chi connectivity index (χ1n) is 11.6. The van der Waals surface area contributed by atoms with Gasteiger partial charge < -0.3 is 25.2 Å². The minimum absolute atomic E-state index is 0.00324. The molecule has 0 unspecified atom stereocenters. The molecule has 3 aromatic rings. The van der Waals surface area contributed by atoms with E-state index in [1.807, 2.05) is 78.9 Å². The van der Waals surface area contributed by atoms with Crippen molar-refractivity contribution in [3.05, 3.63) is 108 Å². The second kappa shape index (κ2) is 13.7. The maximum Gasteiger partial charge on any atom is 0.408 e. The van der Waals surface area contributed by atoms with Crippen molar-refractivity contribution in [1.82, 2.24) is 10.6 Å². The largest absolute Gasteiger partial charge is 0.459 e. The molecule has 3 N–H and O–H groups in total. The van der Waals surface area contributed by atoms with Gasteiger partial charge in [0.15, 0.2) is 0 Å². The Morgan fingerprint density at radius 1 is 0.722 bits per heavy atom. The van der Waals surface area contributed by atoms with Gasteiger partial charge in [-0.25, -0.2) is 9.59 Å². The van der Waals surface area contributed by atoms with Gasteiger partial charge in [-0.1, -0.05) is 91.0 Å². The van der Waals surface area contributed by atoms with Gasteiger partial charge >= 0.3 is 12.1 Å². The number of ether oxygens (including phenoxy) is 2. The van der Waals surface area contributed by atoms with E-state index in [9.17, 15) is 19.5 Å². The van der Waals surface area contributed by atoms with E-state index in [2.05, 4.69) is 10.6 Å². The maximum atomic E-state index is 13.0. The Morgan fingerprint density at radius 3 is 1.69 bits per heavy atom. The zero-order valence-electron chi connectivity index (χ0n) is 20.0. The molecule has 0 aliphatic heterocycles. The summed E-state index contributed by atoms with van der Waals surface area (Å²) in [7, 11) is 0. The lowest BCUT2D eigenvalue weighted by Crippen LogP contribution is -2.56. The average Bonchev–Trinajstić information content (AvgIpc) is 2.90. The minimum Gasteiger partial charge on any atom is -0.459 e. The Bertz CT molecular complexity index is 1110. The van der Waals surface area contributed by atoms with Crippen LogP contribution >= 0.6 is 0 Å². The first-order valence-corrected chi connectivity index (χ1v) is 11.6. The van der Waals surface area contributed by atoms with Gasteiger partial charge in [-0.05, 0) is 23.6 Å². The zero-order valence-corrected chi connectivity index (χ0v) is 20.0. The molecule has 0 saturated heterocycles. The monoisotopic (exact) mass is 490 g/mol. The van der Waals surface area contributed by atoms with Gasteiger partial charge in [0, 0.05) is 6.42 Å². The normalized spacial score (nSPS) is 13.1. The van der Waals surface area contributed by atoms with E-state index in [0.29, 0.717) is 0 Å².